The summed E-state index contributed by atoms with van der Waals surface area (Å²) in [6.45, 7) is 9.39. The molecule has 2 rings (SSSR count). The number of hydrogen-bond donors (Lipinski definition) is 1. The average molecular weight is 381 g/mol. The van der Waals surface area contributed by atoms with Crippen LogP contribution in [0.5, 0.6) is 0 Å². The number of amides is 1. The molecule has 0 unspecified atom stereocenters. The van der Waals surface area contributed by atoms with Crippen LogP contribution in [0, 0.1) is 5.92 Å². The highest BCUT2D eigenvalue weighted by molar-refractivity contribution is 7.99. The molecule has 7 heteroatoms. The second-order valence-electron chi connectivity index (χ2n) is 6.61. The Balaban J connectivity index is 1.84. The first-order valence-electron chi connectivity index (χ1n) is 8.90. The summed E-state index contributed by atoms with van der Waals surface area (Å²) in [6, 6.07) is 4.27. The van der Waals surface area contributed by atoms with E-state index in [1.807, 2.05) is 17.5 Å². The minimum Gasteiger partial charge on any atom is -0.353 e. The van der Waals surface area contributed by atoms with Crippen molar-refractivity contribution in [3.63, 3.8) is 0 Å². The van der Waals surface area contributed by atoms with E-state index in [0.717, 1.165) is 41.2 Å². The molecule has 0 aromatic carbocycles. The van der Waals surface area contributed by atoms with Gasteiger partial charge >= 0.3 is 0 Å². The Labute approximate surface area is 158 Å². The Bertz CT molecular complexity index is 652. The van der Waals surface area contributed by atoms with E-state index >= 15 is 0 Å². The van der Waals surface area contributed by atoms with E-state index < -0.39 is 0 Å². The number of thiophene rings is 1. The van der Waals surface area contributed by atoms with Crippen molar-refractivity contribution >= 4 is 29.0 Å². The van der Waals surface area contributed by atoms with Crippen molar-refractivity contribution < 1.29 is 4.79 Å². The van der Waals surface area contributed by atoms with Gasteiger partial charge in [-0.05, 0) is 37.6 Å². The van der Waals surface area contributed by atoms with Gasteiger partial charge in [-0.3, -0.25) is 4.79 Å². The number of carbonyl (C=O) groups is 1. The molecule has 0 bridgehead atoms. The Morgan fingerprint density at radius 3 is 2.76 bits per heavy atom. The number of hydrogen-bond acceptors (Lipinski definition) is 5. The lowest BCUT2D eigenvalue weighted by Crippen LogP contribution is -2.33. The maximum atomic E-state index is 12.2. The normalized spacial score (nSPS) is 12.5. The summed E-state index contributed by atoms with van der Waals surface area (Å²) >= 11 is 3.10. The van der Waals surface area contributed by atoms with Crippen molar-refractivity contribution in [2.45, 2.75) is 64.7 Å². The van der Waals surface area contributed by atoms with E-state index in [1.54, 1.807) is 11.3 Å². The topological polar surface area (TPSA) is 59.8 Å². The van der Waals surface area contributed by atoms with Gasteiger partial charge in [0.1, 0.15) is 0 Å². The zero-order valence-electron chi connectivity index (χ0n) is 15.5. The molecule has 0 saturated heterocycles. The zero-order valence-corrected chi connectivity index (χ0v) is 17.1. The van der Waals surface area contributed by atoms with Crippen molar-refractivity contribution in [1.29, 1.82) is 0 Å². The van der Waals surface area contributed by atoms with Gasteiger partial charge in [-0.25, -0.2) is 0 Å². The Hall–Kier alpha value is -1.34. The molecule has 0 saturated carbocycles. The number of rotatable bonds is 10. The molecule has 2 aromatic rings. The molecule has 0 aliphatic heterocycles. The number of nitrogens with one attached hydrogen (secondary N) is 1. The fraction of sp³-hybridized carbons (Fsp3) is 0.611. The summed E-state index contributed by atoms with van der Waals surface area (Å²) < 4.78 is 2.07. The average Bonchev–Trinajstić information content (AvgIpc) is 3.21. The Kier molecular flexibility index (Phi) is 7.96. The van der Waals surface area contributed by atoms with E-state index in [9.17, 15) is 4.79 Å². The molecule has 1 atom stereocenters. The van der Waals surface area contributed by atoms with Gasteiger partial charge in [0.25, 0.3) is 0 Å². The molecular formula is C18H28N4OS2. The lowest BCUT2D eigenvalue weighted by atomic mass is 10.0. The highest BCUT2D eigenvalue weighted by atomic mass is 32.2. The van der Waals surface area contributed by atoms with Crippen LogP contribution in [0.1, 0.15) is 47.0 Å². The smallest absolute Gasteiger partial charge is 0.230 e. The van der Waals surface area contributed by atoms with E-state index in [4.69, 9.17) is 0 Å². The van der Waals surface area contributed by atoms with Gasteiger partial charge in [0.05, 0.1) is 10.6 Å². The molecule has 138 valence electrons. The van der Waals surface area contributed by atoms with E-state index in [-0.39, 0.29) is 11.9 Å². The summed E-state index contributed by atoms with van der Waals surface area (Å²) in [4.78, 5) is 13.3. The van der Waals surface area contributed by atoms with Gasteiger partial charge in [0.2, 0.25) is 5.91 Å². The monoisotopic (exact) mass is 380 g/mol. The number of aromatic nitrogens is 3. The first-order chi connectivity index (χ1) is 12.0. The molecule has 0 aliphatic rings. The lowest BCUT2D eigenvalue weighted by molar-refractivity contribution is -0.119. The summed E-state index contributed by atoms with van der Waals surface area (Å²) in [5.41, 5.74) is 0. The fourth-order valence-electron chi connectivity index (χ4n) is 2.62. The first-order valence-corrected chi connectivity index (χ1v) is 10.8. The molecule has 0 radical (unpaired) electrons. The zero-order chi connectivity index (χ0) is 18.2. The van der Waals surface area contributed by atoms with Crippen LogP contribution < -0.4 is 5.32 Å². The summed E-state index contributed by atoms with van der Waals surface area (Å²) in [5.74, 6) is 2.03. The highest BCUT2D eigenvalue weighted by Gasteiger charge is 2.15. The third kappa shape index (κ3) is 6.15. The third-order valence-electron chi connectivity index (χ3n) is 3.93. The summed E-state index contributed by atoms with van der Waals surface area (Å²) in [6.07, 6.45) is 3.39. The predicted octanol–water partition coefficient (Wildman–Crippen LogP) is 4.45. The highest BCUT2D eigenvalue weighted by Crippen LogP contribution is 2.27. The van der Waals surface area contributed by atoms with E-state index in [0.29, 0.717) is 5.75 Å². The van der Waals surface area contributed by atoms with Gasteiger partial charge in [-0.1, -0.05) is 44.5 Å². The SMILES string of the molecule is CCn1c(SCC(=O)N[C@@H](C)CCCC(C)C)nnc1-c1cccs1. The predicted molar refractivity (Wildman–Crippen MR) is 106 cm³/mol. The van der Waals surface area contributed by atoms with Crippen LogP contribution in [0.25, 0.3) is 10.7 Å². The van der Waals surface area contributed by atoms with Crippen molar-refractivity contribution in [3.8, 4) is 10.7 Å². The van der Waals surface area contributed by atoms with Crippen molar-refractivity contribution in [3.05, 3.63) is 17.5 Å². The number of carbonyl (C=O) groups excluding carboxylic acids is 1. The van der Waals surface area contributed by atoms with Gasteiger partial charge in [-0.2, -0.15) is 0 Å². The van der Waals surface area contributed by atoms with E-state index in [1.165, 1.54) is 18.2 Å². The standard InChI is InChI=1S/C18H28N4OS2/c1-5-22-17(15-10-7-11-24-15)20-21-18(22)25-12-16(23)19-14(4)9-6-8-13(2)3/h7,10-11,13-14H,5-6,8-9,12H2,1-4H3,(H,19,23)/t14-/m0/s1. The second kappa shape index (κ2) is 9.97. The maximum Gasteiger partial charge on any atom is 0.230 e. The quantitative estimate of drug-likeness (QED) is 0.619. The minimum absolute atomic E-state index is 0.0605. The fourth-order valence-corrected chi connectivity index (χ4v) is 4.15. The largest absolute Gasteiger partial charge is 0.353 e. The molecule has 25 heavy (non-hydrogen) atoms. The van der Waals surface area contributed by atoms with Crippen LogP contribution in [-0.2, 0) is 11.3 Å². The molecule has 0 aliphatic carbocycles. The van der Waals surface area contributed by atoms with Crippen molar-refractivity contribution in [2.24, 2.45) is 5.92 Å². The number of nitrogens with zero attached hydrogens (tertiary/aromatic N) is 3. The Morgan fingerprint density at radius 1 is 1.32 bits per heavy atom. The second-order valence-corrected chi connectivity index (χ2v) is 8.50. The van der Waals surface area contributed by atoms with Crippen LogP contribution in [-0.4, -0.2) is 32.5 Å². The molecule has 2 heterocycles. The Morgan fingerprint density at radius 2 is 2.12 bits per heavy atom. The van der Waals surface area contributed by atoms with Gasteiger partial charge < -0.3 is 9.88 Å². The molecule has 1 N–H and O–H groups in total. The van der Waals surface area contributed by atoms with Crippen LogP contribution >= 0.6 is 23.1 Å². The van der Waals surface area contributed by atoms with Crippen molar-refractivity contribution in [1.82, 2.24) is 20.1 Å². The van der Waals surface area contributed by atoms with Gasteiger partial charge in [0, 0.05) is 12.6 Å². The summed E-state index contributed by atoms with van der Waals surface area (Å²) in [5, 5.41) is 14.5. The first kappa shape index (κ1) is 20.0. The maximum absolute atomic E-state index is 12.2. The minimum atomic E-state index is 0.0605. The van der Waals surface area contributed by atoms with Gasteiger partial charge in [-0.15, -0.1) is 21.5 Å². The molecule has 0 fully saturated rings. The summed E-state index contributed by atoms with van der Waals surface area (Å²) in [7, 11) is 0. The van der Waals surface area contributed by atoms with E-state index in [2.05, 4.69) is 47.8 Å². The van der Waals surface area contributed by atoms with Crippen LogP contribution in [0.3, 0.4) is 0 Å². The van der Waals surface area contributed by atoms with Crippen LogP contribution in [0.15, 0.2) is 22.7 Å². The molecule has 2 aromatic heterocycles. The van der Waals surface area contributed by atoms with Crippen molar-refractivity contribution in [2.75, 3.05) is 5.75 Å². The molecule has 5 nitrogen and oxygen atoms in total. The van der Waals surface area contributed by atoms with Crippen LogP contribution in [0.4, 0.5) is 0 Å². The third-order valence-corrected chi connectivity index (χ3v) is 5.77. The molecular weight excluding hydrogens is 352 g/mol. The molecule has 0 spiro atoms. The number of thioether (sulfide) groups is 1. The van der Waals surface area contributed by atoms with Crippen LogP contribution in [0.2, 0.25) is 0 Å². The van der Waals surface area contributed by atoms with Gasteiger partial charge in [0.15, 0.2) is 11.0 Å². The lowest BCUT2D eigenvalue weighted by Gasteiger charge is -2.14. The molecule has 1 amide bonds.